The summed E-state index contributed by atoms with van der Waals surface area (Å²) in [6, 6.07) is -0.737. The number of carbonyl (C=O) groups is 5. The fourth-order valence-electron chi connectivity index (χ4n) is 7.67. The highest BCUT2D eigenvalue weighted by molar-refractivity contribution is 7.91. The molecule has 4 N–H and O–H groups in total. The van der Waals surface area contributed by atoms with E-state index in [0.717, 1.165) is 43.4 Å². The summed E-state index contributed by atoms with van der Waals surface area (Å²) < 4.78 is 27.8. The summed E-state index contributed by atoms with van der Waals surface area (Å²) >= 11 is 1.13. The highest BCUT2D eigenvalue weighted by Crippen LogP contribution is 2.65. The molecule has 3 aliphatic rings. The molecule has 6 atom stereocenters. The summed E-state index contributed by atoms with van der Waals surface area (Å²) in [5.74, 6) is -2.25. The molecule has 13 nitrogen and oxygen atoms in total. The zero-order chi connectivity index (χ0) is 38.4. The van der Waals surface area contributed by atoms with Gasteiger partial charge in [0.05, 0.1) is 6.04 Å². The molecule has 292 valence electrons. The lowest BCUT2D eigenvalue weighted by Gasteiger charge is -2.36. The van der Waals surface area contributed by atoms with Crippen LogP contribution in [-0.2, 0) is 29.2 Å². The molecule has 1 aliphatic carbocycles. The minimum Gasteiger partial charge on any atom is -0.349 e. The third kappa shape index (κ3) is 9.93. The maximum atomic E-state index is 14.4. The molecule has 1 aromatic heterocycles. The second kappa shape index (κ2) is 17.4. The summed E-state index contributed by atoms with van der Waals surface area (Å²) in [4.78, 5) is 69.8. The van der Waals surface area contributed by atoms with Gasteiger partial charge in [-0.2, -0.15) is 4.31 Å². The van der Waals surface area contributed by atoms with Crippen LogP contribution >= 0.6 is 11.3 Å². The Morgan fingerprint density at radius 3 is 2.29 bits per heavy atom. The average Bonchev–Trinajstić information content (AvgIpc) is 3.53. The Morgan fingerprint density at radius 2 is 1.69 bits per heavy atom. The van der Waals surface area contributed by atoms with Crippen molar-refractivity contribution >= 4 is 50.9 Å². The molecule has 5 amide bonds. The lowest BCUT2D eigenvalue weighted by molar-refractivity contribution is -0.144. The second-order valence-electron chi connectivity index (χ2n) is 16.4. The molecule has 0 bridgehead atoms. The van der Waals surface area contributed by atoms with Crippen LogP contribution in [0.2, 0.25) is 0 Å². The van der Waals surface area contributed by atoms with E-state index in [1.807, 2.05) is 27.7 Å². The number of Topliss-reactive ketones (excluding diaryl/α,β-unsaturated/α-hetero) is 1. The standard InChI is InChI=1S/C37H60N6O7S2/c1-8-20-38-33(46)31(44)25-17-14-12-10-9-11-13-15-18-26(34(47)43-22-24-29(37(24,5)6)30(43)32(45)39-25)40-35(48)41-27(36(2,3)4)23-42(7)52(49,50)28-19-16-21-51-28/h16,19,21,24-27,29-30H,8-15,17-18,20,22-23H2,1-7H3,(H,38,46)(H,39,45)(H2,40,41,48)/t24-,25+,26+,27-,29-,30+/m1/s1. The summed E-state index contributed by atoms with van der Waals surface area (Å²) in [5.41, 5.74) is -0.721. The van der Waals surface area contributed by atoms with Crippen molar-refractivity contribution < 1.29 is 32.4 Å². The number of urea groups is 1. The molecule has 0 spiro atoms. The van der Waals surface area contributed by atoms with Crippen molar-refractivity contribution in [1.29, 1.82) is 0 Å². The summed E-state index contributed by atoms with van der Waals surface area (Å²) in [6.07, 6.45) is 7.37. The van der Waals surface area contributed by atoms with Crippen LogP contribution in [0.1, 0.15) is 106 Å². The van der Waals surface area contributed by atoms with E-state index >= 15 is 0 Å². The number of sulfonamides is 1. The van der Waals surface area contributed by atoms with Gasteiger partial charge in [0.15, 0.2) is 0 Å². The normalized spacial score (nSPS) is 26.5. The summed E-state index contributed by atoms with van der Waals surface area (Å²) in [7, 11) is -2.28. The molecule has 0 unspecified atom stereocenters. The Morgan fingerprint density at radius 1 is 1.06 bits per heavy atom. The van der Waals surface area contributed by atoms with Gasteiger partial charge in [0.1, 0.15) is 16.3 Å². The van der Waals surface area contributed by atoms with Crippen molar-refractivity contribution in [1.82, 2.24) is 30.5 Å². The van der Waals surface area contributed by atoms with Gasteiger partial charge in [0.2, 0.25) is 17.6 Å². The third-order valence-corrected chi connectivity index (χ3v) is 14.4. The van der Waals surface area contributed by atoms with Crippen molar-refractivity contribution in [3.8, 4) is 0 Å². The number of nitrogens with one attached hydrogen (secondary N) is 4. The summed E-state index contributed by atoms with van der Waals surface area (Å²) in [5, 5.41) is 13.1. The van der Waals surface area contributed by atoms with E-state index in [-0.39, 0.29) is 33.9 Å². The van der Waals surface area contributed by atoms with Crippen molar-refractivity contribution in [3.05, 3.63) is 17.5 Å². The lowest BCUT2D eigenvalue weighted by atomic mass is 9.86. The zero-order valence-corrected chi connectivity index (χ0v) is 33.6. The average molecular weight is 765 g/mol. The number of likely N-dealkylation sites (N-methyl/N-ethyl adjacent to an activating group) is 1. The van der Waals surface area contributed by atoms with Gasteiger partial charge in [-0.05, 0) is 53.4 Å². The predicted octanol–water partition coefficient (Wildman–Crippen LogP) is 4.04. The number of nitrogens with zero attached hydrogens (tertiary/aromatic N) is 2. The van der Waals surface area contributed by atoms with Crippen LogP contribution < -0.4 is 21.3 Å². The molecule has 2 saturated heterocycles. The monoisotopic (exact) mass is 764 g/mol. The van der Waals surface area contributed by atoms with Crippen molar-refractivity contribution in [2.45, 2.75) is 134 Å². The van der Waals surface area contributed by atoms with Gasteiger partial charge < -0.3 is 26.2 Å². The largest absolute Gasteiger partial charge is 0.349 e. The lowest BCUT2D eigenvalue weighted by Crippen LogP contribution is -2.60. The van der Waals surface area contributed by atoms with Crippen LogP contribution in [-0.4, -0.2) is 98.0 Å². The van der Waals surface area contributed by atoms with E-state index in [4.69, 9.17) is 0 Å². The van der Waals surface area contributed by atoms with E-state index in [0.29, 0.717) is 45.2 Å². The molecule has 2 aliphatic heterocycles. The Bertz CT molecular complexity index is 1540. The molecule has 4 rings (SSSR count). The maximum absolute atomic E-state index is 14.4. The fraction of sp³-hybridized carbons (Fsp3) is 0.757. The number of carbonyl (C=O) groups excluding carboxylic acids is 5. The first kappa shape index (κ1) is 41.7. The predicted molar refractivity (Wildman–Crippen MR) is 201 cm³/mol. The van der Waals surface area contributed by atoms with Gasteiger partial charge in [-0.1, -0.05) is 92.6 Å². The van der Waals surface area contributed by atoms with Crippen LogP contribution in [0.5, 0.6) is 0 Å². The molecule has 52 heavy (non-hydrogen) atoms. The molecule has 0 aromatic carbocycles. The van der Waals surface area contributed by atoms with Crippen LogP contribution in [0.3, 0.4) is 0 Å². The van der Waals surface area contributed by atoms with Gasteiger partial charge >= 0.3 is 6.03 Å². The number of ketones is 1. The highest BCUT2D eigenvalue weighted by atomic mass is 32.2. The molecular weight excluding hydrogens is 705 g/mol. The van der Waals surface area contributed by atoms with Gasteiger partial charge in [0.25, 0.3) is 15.9 Å². The first-order valence-corrected chi connectivity index (χ1v) is 21.2. The third-order valence-electron chi connectivity index (χ3n) is 11.2. The Hall–Kier alpha value is -3.04. The van der Waals surface area contributed by atoms with E-state index in [1.54, 1.807) is 22.4 Å². The number of hydrogen-bond donors (Lipinski definition) is 4. The molecule has 3 fully saturated rings. The minimum atomic E-state index is -3.76. The SMILES string of the molecule is CCCNC(=O)C(=O)[C@@H]1CCCCCCCCC[C@H](NC(=O)N[C@H](CN(C)S(=O)(=O)c2cccs2)C(C)(C)C)C(=O)N2C[C@@H]3[C@H]([C@H]2C(=O)N1)C3(C)C. The molecule has 15 heteroatoms. The first-order chi connectivity index (χ1) is 24.4. The quantitative estimate of drug-likeness (QED) is 0.260. The van der Waals surface area contributed by atoms with E-state index < -0.39 is 63.2 Å². The first-order valence-electron chi connectivity index (χ1n) is 18.9. The Labute approximate surface area is 313 Å². The van der Waals surface area contributed by atoms with E-state index in [1.165, 1.54) is 11.4 Å². The van der Waals surface area contributed by atoms with Crippen LogP contribution in [0.15, 0.2) is 21.7 Å². The number of hydrogen-bond acceptors (Lipinski definition) is 8. The summed E-state index contributed by atoms with van der Waals surface area (Å²) in [6.45, 7) is 12.5. The molecular formula is C37H60N6O7S2. The topological polar surface area (TPSA) is 174 Å². The van der Waals surface area contributed by atoms with Crippen LogP contribution in [0.25, 0.3) is 0 Å². The van der Waals surface area contributed by atoms with Crippen LogP contribution in [0.4, 0.5) is 4.79 Å². The van der Waals surface area contributed by atoms with Gasteiger partial charge in [-0.15, -0.1) is 11.3 Å². The fourth-order valence-corrected chi connectivity index (χ4v) is 10.1. The Kier molecular flexibility index (Phi) is 14.0. The van der Waals surface area contributed by atoms with Gasteiger partial charge in [-0.3, -0.25) is 19.2 Å². The maximum Gasteiger partial charge on any atom is 0.315 e. The molecule has 3 heterocycles. The number of amides is 5. The molecule has 1 aromatic rings. The molecule has 1 saturated carbocycles. The second-order valence-corrected chi connectivity index (χ2v) is 19.6. The Balaban J connectivity index is 1.55. The number of thiophene rings is 1. The van der Waals surface area contributed by atoms with Crippen LogP contribution in [0, 0.1) is 22.7 Å². The zero-order valence-electron chi connectivity index (χ0n) is 32.0. The number of fused-ring (bicyclic) bond motifs is 3. The highest BCUT2D eigenvalue weighted by Gasteiger charge is 2.69. The number of piperidine rings is 1. The smallest absolute Gasteiger partial charge is 0.315 e. The molecule has 0 radical (unpaired) electrons. The van der Waals surface area contributed by atoms with E-state index in [9.17, 15) is 32.4 Å². The van der Waals surface area contributed by atoms with Gasteiger partial charge in [0, 0.05) is 32.7 Å². The van der Waals surface area contributed by atoms with Crippen molar-refractivity contribution in [2.24, 2.45) is 22.7 Å². The van der Waals surface area contributed by atoms with Crippen molar-refractivity contribution in [3.63, 3.8) is 0 Å². The van der Waals surface area contributed by atoms with Crippen molar-refractivity contribution in [2.75, 3.05) is 26.7 Å². The van der Waals surface area contributed by atoms with E-state index in [2.05, 4.69) is 35.1 Å². The number of rotatable bonds is 10. The minimum absolute atomic E-state index is 0.0128. The van der Waals surface area contributed by atoms with Gasteiger partial charge in [-0.25, -0.2) is 13.2 Å².